The number of fused-ring (bicyclic) bond motifs is 1. The fourth-order valence-electron chi connectivity index (χ4n) is 5.78. The third kappa shape index (κ3) is 6.57. The lowest BCUT2D eigenvalue weighted by Crippen LogP contribution is -2.53. The van der Waals surface area contributed by atoms with E-state index in [-0.39, 0.29) is 41.9 Å². The van der Waals surface area contributed by atoms with Crippen LogP contribution >= 0.6 is 0 Å². The number of carbonyl (C=O) groups excluding carboxylic acids is 3. The summed E-state index contributed by atoms with van der Waals surface area (Å²) in [7, 11) is -4.05. The van der Waals surface area contributed by atoms with Gasteiger partial charge in [-0.25, -0.2) is 12.7 Å². The number of benzene rings is 3. The summed E-state index contributed by atoms with van der Waals surface area (Å²) in [5.41, 5.74) is 2.95. The van der Waals surface area contributed by atoms with Crippen molar-refractivity contribution < 1.29 is 22.8 Å². The van der Waals surface area contributed by atoms with E-state index < -0.39 is 27.9 Å². The van der Waals surface area contributed by atoms with Crippen molar-refractivity contribution in [3.8, 4) is 0 Å². The summed E-state index contributed by atoms with van der Waals surface area (Å²) in [6, 6.07) is 22.7. The quantitative estimate of drug-likeness (QED) is 0.373. The summed E-state index contributed by atoms with van der Waals surface area (Å²) >= 11 is 0. The molecule has 1 N–H and O–H groups in total. The van der Waals surface area contributed by atoms with E-state index in [0.717, 1.165) is 53.1 Å². The molecule has 9 heteroatoms. The molecule has 1 saturated carbocycles. The van der Waals surface area contributed by atoms with Crippen molar-refractivity contribution in [1.82, 2.24) is 14.5 Å². The molecule has 0 saturated heterocycles. The highest BCUT2D eigenvalue weighted by Crippen LogP contribution is 2.30. The van der Waals surface area contributed by atoms with Gasteiger partial charge in [0.1, 0.15) is 10.9 Å². The lowest BCUT2D eigenvalue weighted by molar-refractivity contribution is -0.141. The molecule has 220 valence electrons. The van der Waals surface area contributed by atoms with Crippen molar-refractivity contribution in [2.75, 3.05) is 6.54 Å². The van der Waals surface area contributed by atoms with Gasteiger partial charge in [-0.2, -0.15) is 0 Å². The smallest absolute Gasteiger partial charge is 0.269 e. The number of aryl methyl sites for hydroxylation is 1. The highest BCUT2D eigenvalue weighted by atomic mass is 32.2. The zero-order valence-corrected chi connectivity index (χ0v) is 24.7. The SMILES string of the molecule is Cc1ccc(CN(C(=O)CCN2C(=O)c3ccccc3S2(=O)=O)[C@@H](Cc2ccccc2)C(=O)NC2CCCCC2)cc1. The number of hydrogen-bond donors (Lipinski definition) is 1. The second kappa shape index (κ2) is 12.9. The van der Waals surface area contributed by atoms with Crippen LogP contribution in [0.4, 0.5) is 0 Å². The lowest BCUT2D eigenvalue weighted by Gasteiger charge is -2.34. The molecule has 0 aromatic heterocycles. The molecule has 1 aliphatic heterocycles. The summed E-state index contributed by atoms with van der Waals surface area (Å²) in [5, 5.41) is 3.21. The van der Waals surface area contributed by atoms with E-state index in [4.69, 9.17) is 0 Å². The van der Waals surface area contributed by atoms with Crippen LogP contribution in [0.25, 0.3) is 0 Å². The van der Waals surface area contributed by atoms with Crippen molar-refractivity contribution in [3.05, 3.63) is 101 Å². The van der Waals surface area contributed by atoms with E-state index in [1.807, 2.05) is 61.5 Å². The Kier molecular flexibility index (Phi) is 9.06. The zero-order chi connectivity index (χ0) is 29.7. The molecule has 0 spiro atoms. The highest BCUT2D eigenvalue weighted by molar-refractivity contribution is 7.90. The van der Waals surface area contributed by atoms with Crippen LogP contribution in [0, 0.1) is 6.92 Å². The van der Waals surface area contributed by atoms with Crippen LogP contribution in [0.5, 0.6) is 0 Å². The number of carbonyl (C=O) groups is 3. The molecular formula is C33H37N3O5S. The van der Waals surface area contributed by atoms with Gasteiger partial charge in [0, 0.05) is 32.0 Å². The highest BCUT2D eigenvalue weighted by Gasteiger charge is 2.41. The van der Waals surface area contributed by atoms with Gasteiger partial charge in [0.2, 0.25) is 11.8 Å². The maximum atomic E-state index is 14.0. The van der Waals surface area contributed by atoms with Gasteiger partial charge in [0.05, 0.1) is 5.56 Å². The van der Waals surface area contributed by atoms with Crippen LogP contribution in [0.2, 0.25) is 0 Å². The summed E-state index contributed by atoms with van der Waals surface area (Å²) in [4.78, 5) is 42.4. The maximum absolute atomic E-state index is 14.0. The molecule has 5 rings (SSSR count). The minimum Gasteiger partial charge on any atom is -0.352 e. The van der Waals surface area contributed by atoms with Gasteiger partial charge in [-0.15, -0.1) is 0 Å². The first-order valence-corrected chi connectivity index (χ1v) is 16.0. The number of nitrogens with zero attached hydrogens (tertiary/aromatic N) is 2. The molecule has 3 aromatic rings. The number of nitrogens with one attached hydrogen (secondary N) is 1. The van der Waals surface area contributed by atoms with Crippen molar-refractivity contribution >= 4 is 27.7 Å². The molecule has 1 aliphatic carbocycles. The molecule has 42 heavy (non-hydrogen) atoms. The van der Waals surface area contributed by atoms with E-state index >= 15 is 0 Å². The predicted octanol–water partition coefficient (Wildman–Crippen LogP) is 4.62. The number of amides is 3. The van der Waals surface area contributed by atoms with Gasteiger partial charge in [0.15, 0.2) is 0 Å². The Labute approximate surface area is 247 Å². The monoisotopic (exact) mass is 587 g/mol. The molecule has 8 nitrogen and oxygen atoms in total. The number of hydrogen-bond acceptors (Lipinski definition) is 5. The van der Waals surface area contributed by atoms with Crippen LogP contribution in [-0.4, -0.2) is 54.0 Å². The Hall–Kier alpha value is -3.98. The fourth-order valence-corrected chi connectivity index (χ4v) is 7.35. The molecule has 3 aromatic carbocycles. The van der Waals surface area contributed by atoms with Crippen molar-refractivity contribution in [2.45, 2.75) is 75.4 Å². The van der Waals surface area contributed by atoms with Gasteiger partial charge in [-0.1, -0.05) is 91.6 Å². The molecule has 1 atom stereocenters. The van der Waals surface area contributed by atoms with E-state index in [1.165, 1.54) is 12.1 Å². The molecule has 1 heterocycles. The molecule has 0 unspecified atom stereocenters. The van der Waals surface area contributed by atoms with Crippen LogP contribution < -0.4 is 5.32 Å². The summed E-state index contributed by atoms with van der Waals surface area (Å²) in [5.74, 6) is -1.25. The van der Waals surface area contributed by atoms with E-state index in [2.05, 4.69) is 5.32 Å². The van der Waals surface area contributed by atoms with Crippen LogP contribution in [0.1, 0.15) is 65.6 Å². The average molecular weight is 588 g/mol. The maximum Gasteiger partial charge on any atom is 0.269 e. The minimum atomic E-state index is -4.05. The Morgan fingerprint density at radius 2 is 1.57 bits per heavy atom. The molecule has 3 amide bonds. The van der Waals surface area contributed by atoms with E-state index in [0.29, 0.717) is 6.42 Å². The van der Waals surface area contributed by atoms with Gasteiger partial charge in [-0.05, 0) is 43.0 Å². The van der Waals surface area contributed by atoms with Gasteiger partial charge < -0.3 is 10.2 Å². The summed E-state index contributed by atoms with van der Waals surface area (Å²) < 4.78 is 27.0. The number of sulfonamides is 1. The van der Waals surface area contributed by atoms with Gasteiger partial charge in [-0.3, -0.25) is 14.4 Å². The third-order valence-corrected chi connectivity index (χ3v) is 9.98. The van der Waals surface area contributed by atoms with E-state index in [1.54, 1.807) is 17.0 Å². The van der Waals surface area contributed by atoms with Crippen molar-refractivity contribution in [3.63, 3.8) is 0 Å². The molecular weight excluding hydrogens is 550 g/mol. The van der Waals surface area contributed by atoms with Crippen LogP contribution in [-0.2, 0) is 32.6 Å². The molecule has 2 aliphatic rings. The van der Waals surface area contributed by atoms with E-state index in [9.17, 15) is 22.8 Å². The summed E-state index contributed by atoms with van der Waals surface area (Å²) in [6.45, 7) is 1.85. The minimum absolute atomic E-state index is 0.0484. The topological polar surface area (TPSA) is 104 Å². The third-order valence-electron chi connectivity index (χ3n) is 8.14. The average Bonchev–Trinajstić information content (AvgIpc) is 3.19. The molecule has 1 fully saturated rings. The first kappa shape index (κ1) is 29.5. The second-order valence-corrected chi connectivity index (χ2v) is 13.0. The zero-order valence-electron chi connectivity index (χ0n) is 23.9. The Morgan fingerprint density at radius 1 is 0.905 bits per heavy atom. The first-order chi connectivity index (χ1) is 20.2. The Balaban J connectivity index is 1.42. The van der Waals surface area contributed by atoms with Crippen molar-refractivity contribution in [2.24, 2.45) is 0 Å². The van der Waals surface area contributed by atoms with Gasteiger partial charge >= 0.3 is 0 Å². The number of rotatable bonds is 10. The van der Waals surface area contributed by atoms with Crippen LogP contribution in [0.15, 0.2) is 83.8 Å². The standard InChI is InChI=1S/C33H37N3O5S/c1-24-16-18-26(19-17-24)23-35(31(37)20-21-36-33(39)28-14-8-9-15-30(28)42(36,40)41)29(22-25-10-4-2-5-11-25)32(38)34-27-12-6-3-7-13-27/h2,4-5,8-11,14-19,27,29H,3,6-7,12-13,20-23H2,1H3,(H,34,38)/t29-/m0/s1. The Morgan fingerprint density at radius 3 is 2.26 bits per heavy atom. The Bertz CT molecular complexity index is 1530. The second-order valence-electron chi connectivity index (χ2n) is 11.2. The first-order valence-electron chi connectivity index (χ1n) is 14.6. The summed E-state index contributed by atoms with van der Waals surface area (Å²) in [6.07, 6.45) is 5.15. The van der Waals surface area contributed by atoms with Crippen LogP contribution in [0.3, 0.4) is 0 Å². The largest absolute Gasteiger partial charge is 0.352 e. The lowest BCUT2D eigenvalue weighted by atomic mass is 9.94. The molecule has 0 bridgehead atoms. The predicted molar refractivity (Wildman–Crippen MR) is 160 cm³/mol. The van der Waals surface area contributed by atoms with Gasteiger partial charge in [0.25, 0.3) is 15.9 Å². The van der Waals surface area contributed by atoms with Crippen molar-refractivity contribution in [1.29, 1.82) is 0 Å². The normalized spacial score (nSPS) is 17.0. The molecule has 0 radical (unpaired) electrons. The fraction of sp³-hybridized carbons (Fsp3) is 0.364.